The van der Waals surface area contributed by atoms with Gasteiger partial charge in [-0.2, -0.15) is 4.39 Å². The first-order valence-corrected chi connectivity index (χ1v) is 7.29. The second-order valence-corrected chi connectivity index (χ2v) is 6.25. The van der Waals surface area contributed by atoms with Crippen molar-refractivity contribution in [3.8, 4) is 0 Å². The molecule has 5 nitrogen and oxygen atoms in total. The number of alkyl halides is 1. The first-order chi connectivity index (χ1) is 9.81. The lowest BCUT2D eigenvalue weighted by molar-refractivity contribution is -0.387. The molecule has 8 heteroatoms. The number of halogens is 3. The molecule has 1 saturated heterocycles. The Morgan fingerprint density at radius 1 is 1.48 bits per heavy atom. The van der Waals surface area contributed by atoms with E-state index in [4.69, 9.17) is 0 Å². The van der Waals surface area contributed by atoms with Gasteiger partial charge in [0, 0.05) is 17.9 Å². The van der Waals surface area contributed by atoms with Crippen LogP contribution in [0.25, 0.3) is 0 Å². The van der Waals surface area contributed by atoms with E-state index in [1.807, 2.05) is 6.92 Å². The maximum atomic E-state index is 14.0. The molecule has 0 spiro atoms. The van der Waals surface area contributed by atoms with Crippen LogP contribution >= 0.6 is 15.9 Å². The maximum Gasteiger partial charge on any atom is 0.308 e. The zero-order valence-electron chi connectivity index (χ0n) is 11.2. The van der Waals surface area contributed by atoms with E-state index in [1.165, 1.54) is 4.90 Å². The van der Waals surface area contributed by atoms with E-state index in [-0.39, 0.29) is 10.7 Å². The van der Waals surface area contributed by atoms with Gasteiger partial charge in [-0.25, -0.2) is 4.39 Å². The topological polar surface area (TPSA) is 63.5 Å². The van der Waals surface area contributed by atoms with Gasteiger partial charge in [-0.05, 0) is 18.4 Å². The average Bonchev–Trinajstić information content (AvgIpc) is 2.43. The van der Waals surface area contributed by atoms with Crippen molar-refractivity contribution in [2.75, 3.05) is 13.1 Å². The quantitative estimate of drug-likeness (QED) is 0.461. The summed E-state index contributed by atoms with van der Waals surface area (Å²) in [5, 5.41) is 10.7. The predicted octanol–water partition coefficient (Wildman–Crippen LogP) is 3.12. The Morgan fingerprint density at radius 2 is 2.14 bits per heavy atom. The fourth-order valence-corrected chi connectivity index (χ4v) is 2.71. The number of nitro benzene ring substituents is 1. The lowest BCUT2D eigenvalue weighted by Gasteiger charge is -2.34. The Labute approximate surface area is 128 Å². The van der Waals surface area contributed by atoms with Gasteiger partial charge in [0.2, 0.25) is 5.82 Å². The first kappa shape index (κ1) is 15.8. The van der Waals surface area contributed by atoms with Crippen LogP contribution in [0.15, 0.2) is 12.1 Å². The van der Waals surface area contributed by atoms with Crippen LogP contribution in [0, 0.1) is 27.7 Å². The molecule has 1 aromatic rings. The Bertz CT molecular complexity index is 597. The van der Waals surface area contributed by atoms with Gasteiger partial charge in [-0.1, -0.05) is 22.9 Å². The van der Waals surface area contributed by atoms with Crippen molar-refractivity contribution in [1.29, 1.82) is 0 Å². The lowest BCUT2D eigenvalue weighted by atomic mass is 9.99. The van der Waals surface area contributed by atoms with Crippen molar-refractivity contribution in [3.63, 3.8) is 0 Å². The van der Waals surface area contributed by atoms with Crippen LogP contribution in [-0.2, 0) is 0 Å². The fourth-order valence-electron chi connectivity index (χ4n) is 2.34. The number of nitrogens with zero attached hydrogens (tertiary/aromatic N) is 2. The second-order valence-electron chi connectivity index (χ2n) is 5.08. The van der Waals surface area contributed by atoms with E-state index >= 15 is 0 Å². The molecule has 0 aliphatic carbocycles. The third-order valence-electron chi connectivity index (χ3n) is 3.53. The molecule has 2 rings (SSSR count). The maximum absolute atomic E-state index is 14.0. The number of carbonyl (C=O) groups is 1. The fraction of sp³-hybridized carbons (Fsp3) is 0.462. The molecule has 0 bridgehead atoms. The molecule has 0 saturated carbocycles. The third kappa shape index (κ3) is 3.20. The summed E-state index contributed by atoms with van der Waals surface area (Å²) in [7, 11) is 0. The van der Waals surface area contributed by atoms with Crippen LogP contribution in [0.4, 0.5) is 14.5 Å². The minimum absolute atomic E-state index is 0.161. The number of amides is 1. The molecule has 1 amide bonds. The van der Waals surface area contributed by atoms with Crippen molar-refractivity contribution in [2.24, 2.45) is 5.92 Å². The van der Waals surface area contributed by atoms with Crippen LogP contribution in [0.3, 0.4) is 0 Å². The number of rotatable bonds is 2. The van der Waals surface area contributed by atoms with Gasteiger partial charge in [0.25, 0.3) is 5.91 Å². The minimum atomic E-state index is -1.29. The Morgan fingerprint density at radius 3 is 2.71 bits per heavy atom. The SMILES string of the molecule is CC1CN(C(=O)c2cc(F)cc([N+](=O)[O-])c2F)CCC1Br. The average molecular weight is 363 g/mol. The van der Waals surface area contributed by atoms with Gasteiger partial charge >= 0.3 is 5.69 Å². The molecule has 114 valence electrons. The van der Waals surface area contributed by atoms with E-state index in [0.29, 0.717) is 31.6 Å². The summed E-state index contributed by atoms with van der Waals surface area (Å²) in [6, 6.07) is 1.18. The molecule has 1 aromatic carbocycles. The number of piperidine rings is 1. The zero-order chi connectivity index (χ0) is 15.7. The van der Waals surface area contributed by atoms with E-state index in [9.17, 15) is 23.7 Å². The molecule has 1 aliphatic heterocycles. The number of hydrogen-bond donors (Lipinski definition) is 0. The second kappa shape index (κ2) is 6.05. The molecule has 2 atom stereocenters. The van der Waals surface area contributed by atoms with Crippen molar-refractivity contribution >= 4 is 27.5 Å². The summed E-state index contributed by atoms with van der Waals surface area (Å²) >= 11 is 3.48. The standard InChI is InChI=1S/C13H13BrF2N2O3/c1-7-6-17(3-2-10(7)14)13(19)9-4-8(15)5-11(12(9)16)18(20)21/h4-5,7,10H,2-3,6H2,1H3. The number of likely N-dealkylation sites (tertiary alicyclic amines) is 1. The van der Waals surface area contributed by atoms with Crippen LogP contribution < -0.4 is 0 Å². The lowest BCUT2D eigenvalue weighted by Crippen LogP contribution is -2.43. The molecular formula is C13H13BrF2N2O3. The van der Waals surface area contributed by atoms with Gasteiger partial charge in [-0.15, -0.1) is 0 Å². The Balaban J connectivity index is 2.33. The number of benzene rings is 1. The van der Waals surface area contributed by atoms with Gasteiger partial charge in [0.05, 0.1) is 16.6 Å². The number of hydrogen-bond acceptors (Lipinski definition) is 3. The summed E-state index contributed by atoms with van der Waals surface area (Å²) in [5.41, 5.74) is -1.62. The highest BCUT2D eigenvalue weighted by molar-refractivity contribution is 9.09. The molecule has 1 aliphatic rings. The van der Waals surface area contributed by atoms with E-state index in [2.05, 4.69) is 15.9 Å². The van der Waals surface area contributed by atoms with Crippen LogP contribution in [-0.4, -0.2) is 33.6 Å². The highest BCUT2D eigenvalue weighted by atomic mass is 79.9. The van der Waals surface area contributed by atoms with Crippen molar-refractivity contribution < 1.29 is 18.5 Å². The summed E-state index contributed by atoms with van der Waals surface area (Å²) in [6.07, 6.45) is 0.686. The highest BCUT2D eigenvalue weighted by Gasteiger charge is 2.31. The van der Waals surface area contributed by atoms with Crippen molar-refractivity contribution in [1.82, 2.24) is 4.90 Å². The first-order valence-electron chi connectivity index (χ1n) is 6.38. The normalized spacial score (nSPS) is 22.2. The van der Waals surface area contributed by atoms with Crippen LogP contribution in [0.1, 0.15) is 23.7 Å². The van der Waals surface area contributed by atoms with E-state index in [0.717, 1.165) is 0 Å². The van der Waals surface area contributed by atoms with Crippen molar-refractivity contribution in [3.05, 3.63) is 39.4 Å². The van der Waals surface area contributed by atoms with Crippen molar-refractivity contribution in [2.45, 2.75) is 18.2 Å². The van der Waals surface area contributed by atoms with E-state index in [1.54, 1.807) is 0 Å². The monoisotopic (exact) mass is 362 g/mol. The zero-order valence-corrected chi connectivity index (χ0v) is 12.8. The highest BCUT2D eigenvalue weighted by Crippen LogP contribution is 2.27. The molecule has 2 unspecified atom stereocenters. The molecule has 21 heavy (non-hydrogen) atoms. The smallest absolute Gasteiger partial charge is 0.308 e. The molecule has 1 heterocycles. The summed E-state index contributed by atoms with van der Waals surface area (Å²) in [5.74, 6) is -2.86. The molecule has 0 radical (unpaired) electrons. The summed E-state index contributed by atoms with van der Waals surface area (Å²) in [4.78, 5) is 23.6. The minimum Gasteiger partial charge on any atom is -0.338 e. The van der Waals surface area contributed by atoms with Crippen LogP contribution in [0.5, 0.6) is 0 Å². The summed E-state index contributed by atoms with van der Waals surface area (Å²) in [6.45, 7) is 2.71. The molecule has 0 N–H and O–H groups in total. The Hall–Kier alpha value is -1.57. The van der Waals surface area contributed by atoms with Gasteiger partial charge in [-0.3, -0.25) is 14.9 Å². The van der Waals surface area contributed by atoms with Gasteiger partial charge < -0.3 is 4.90 Å². The Kier molecular flexibility index (Phi) is 4.55. The third-order valence-corrected chi connectivity index (χ3v) is 4.89. The van der Waals surface area contributed by atoms with Gasteiger partial charge in [0.15, 0.2) is 0 Å². The molecular weight excluding hydrogens is 350 g/mol. The predicted molar refractivity (Wildman–Crippen MR) is 75.4 cm³/mol. The molecule has 0 aromatic heterocycles. The summed E-state index contributed by atoms with van der Waals surface area (Å²) < 4.78 is 27.4. The molecule has 1 fully saturated rings. The number of nitro groups is 1. The number of carbonyl (C=O) groups excluding carboxylic acids is 1. The van der Waals surface area contributed by atoms with Gasteiger partial charge in [0.1, 0.15) is 5.82 Å². The van der Waals surface area contributed by atoms with Crippen LogP contribution in [0.2, 0.25) is 0 Å². The van der Waals surface area contributed by atoms with E-state index < -0.39 is 33.7 Å². The largest absolute Gasteiger partial charge is 0.338 e.